The lowest BCUT2D eigenvalue weighted by atomic mass is 9.96. The number of hydrogen-bond acceptors (Lipinski definition) is 3. The van der Waals surface area contributed by atoms with Gasteiger partial charge in [0.05, 0.1) is 25.1 Å². The first-order chi connectivity index (χ1) is 6.57. The second-order valence-corrected chi connectivity index (χ2v) is 5.04. The van der Waals surface area contributed by atoms with E-state index in [0.29, 0.717) is 19.5 Å². The van der Waals surface area contributed by atoms with Gasteiger partial charge in [-0.15, -0.1) is 11.3 Å². The van der Waals surface area contributed by atoms with Gasteiger partial charge in [0.25, 0.3) is 0 Å². The second-order valence-electron chi connectivity index (χ2n) is 4.00. The molecule has 76 valence electrons. The number of β-amino-alcohol motifs (C(OH)–C–C–N with tert-alkyl or cyclic N) is 1. The molecular weight excluding hydrogens is 198 g/mol. The van der Waals surface area contributed by atoms with Crippen LogP contribution in [0.25, 0.3) is 0 Å². The summed E-state index contributed by atoms with van der Waals surface area (Å²) in [6, 6.07) is 3.90. The quantitative estimate of drug-likeness (QED) is 0.789. The molecule has 0 saturated carbocycles. The average molecular weight is 211 g/mol. The molecule has 3 nitrogen and oxygen atoms in total. The number of amides is 1. The summed E-state index contributed by atoms with van der Waals surface area (Å²) in [7, 11) is 0. The maximum absolute atomic E-state index is 11.6. The number of nitrogens with zero attached hydrogens (tertiary/aromatic N) is 1. The molecule has 1 aliphatic rings. The maximum Gasteiger partial charge on any atom is 0.228 e. The molecule has 0 aromatic carbocycles. The predicted octanol–water partition coefficient (Wildman–Crippen LogP) is 0.884. The van der Waals surface area contributed by atoms with E-state index in [4.69, 9.17) is 0 Å². The Bertz CT molecular complexity index is 324. The van der Waals surface area contributed by atoms with Gasteiger partial charge < -0.3 is 10.0 Å². The largest absolute Gasteiger partial charge is 0.386 e. The van der Waals surface area contributed by atoms with E-state index in [9.17, 15) is 9.90 Å². The zero-order valence-corrected chi connectivity index (χ0v) is 8.88. The van der Waals surface area contributed by atoms with Gasteiger partial charge in [0.2, 0.25) is 5.91 Å². The van der Waals surface area contributed by atoms with E-state index in [1.54, 1.807) is 23.2 Å². The van der Waals surface area contributed by atoms with E-state index in [1.807, 2.05) is 17.5 Å². The van der Waals surface area contributed by atoms with Crippen LogP contribution >= 0.6 is 11.3 Å². The highest BCUT2D eigenvalue weighted by Crippen LogP contribution is 2.21. The van der Waals surface area contributed by atoms with Gasteiger partial charge in [-0.05, 0) is 18.4 Å². The Kier molecular flexibility index (Phi) is 2.33. The summed E-state index contributed by atoms with van der Waals surface area (Å²) in [4.78, 5) is 14.4. The highest BCUT2D eigenvalue weighted by molar-refractivity contribution is 7.10. The van der Waals surface area contributed by atoms with Crippen molar-refractivity contribution in [2.45, 2.75) is 18.9 Å². The monoisotopic (exact) mass is 211 g/mol. The normalized spacial score (nSPS) is 19.1. The lowest BCUT2D eigenvalue weighted by Gasteiger charge is -2.44. The van der Waals surface area contributed by atoms with Crippen LogP contribution in [0.3, 0.4) is 0 Å². The summed E-state index contributed by atoms with van der Waals surface area (Å²) < 4.78 is 0. The minimum atomic E-state index is -0.662. The van der Waals surface area contributed by atoms with Crippen LogP contribution in [0.5, 0.6) is 0 Å². The molecule has 0 bridgehead atoms. The first-order valence-electron chi connectivity index (χ1n) is 4.59. The van der Waals surface area contributed by atoms with Gasteiger partial charge in [-0.3, -0.25) is 4.79 Å². The van der Waals surface area contributed by atoms with E-state index in [0.717, 1.165) is 4.88 Å². The van der Waals surface area contributed by atoms with Crippen LogP contribution in [0.2, 0.25) is 0 Å². The van der Waals surface area contributed by atoms with Gasteiger partial charge in [-0.1, -0.05) is 6.07 Å². The molecule has 1 aliphatic heterocycles. The van der Waals surface area contributed by atoms with Crippen LogP contribution in [0.1, 0.15) is 11.8 Å². The molecule has 0 spiro atoms. The molecule has 1 saturated heterocycles. The minimum Gasteiger partial charge on any atom is -0.386 e. The highest BCUT2D eigenvalue weighted by Gasteiger charge is 2.39. The molecule has 1 aromatic heterocycles. The molecule has 1 aromatic rings. The molecule has 2 heterocycles. The van der Waals surface area contributed by atoms with Crippen molar-refractivity contribution in [1.82, 2.24) is 4.90 Å². The van der Waals surface area contributed by atoms with E-state index in [-0.39, 0.29) is 5.91 Å². The molecule has 1 fully saturated rings. The minimum absolute atomic E-state index is 0.110. The smallest absolute Gasteiger partial charge is 0.228 e. The van der Waals surface area contributed by atoms with Crippen LogP contribution in [-0.2, 0) is 11.2 Å². The van der Waals surface area contributed by atoms with E-state index >= 15 is 0 Å². The number of rotatable bonds is 2. The van der Waals surface area contributed by atoms with Gasteiger partial charge in [-0.25, -0.2) is 0 Å². The number of carbonyl (C=O) groups is 1. The van der Waals surface area contributed by atoms with Crippen molar-refractivity contribution in [2.24, 2.45) is 0 Å². The SMILES string of the molecule is CC1(O)CN(C(=O)Cc2cccs2)C1. The van der Waals surface area contributed by atoms with Crippen molar-refractivity contribution >= 4 is 17.2 Å². The molecule has 1 amide bonds. The van der Waals surface area contributed by atoms with Crippen molar-refractivity contribution in [3.8, 4) is 0 Å². The standard InChI is InChI=1S/C10H13NO2S/c1-10(13)6-11(7-10)9(12)5-8-3-2-4-14-8/h2-4,13H,5-7H2,1H3. The lowest BCUT2D eigenvalue weighted by Crippen LogP contribution is -2.62. The molecule has 2 rings (SSSR count). The summed E-state index contributed by atoms with van der Waals surface area (Å²) in [5, 5.41) is 11.4. The van der Waals surface area contributed by atoms with Crippen LogP contribution in [0, 0.1) is 0 Å². The van der Waals surface area contributed by atoms with Crippen molar-refractivity contribution < 1.29 is 9.90 Å². The van der Waals surface area contributed by atoms with Gasteiger partial charge >= 0.3 is 0 Å². The Morgan fingerprint density at radius 2 is 2.43 bits per heavy atom. The van der Waals surface area contributed by atoms with Crippen LogP contribution in [0.4, 0.5) is 0 Å². The van der Waals surface area contributed by atoms with Gasteiger partial charge in [-0.2, -0.15) is 0 Å². The summed E-state index contributed by atoms with van der Waals surface area (Å²) >= 11 is 1.59. The summed E-state index contributed by atoms with van der Waals surface area (Å²) in [6.07, 6.45) is 0.466. The Morgan fingerprint density at radius 1 is 1.71 bits per heavy atom. The fraction of sp³-hybridized carbons (Fsp3) is 0.500. The fourth-order valence-electron chi connectivity index (χ4n) is 1.63. The number of hydrogen-bond donors (Lipinski definition) is 1. The Morgan fingerprint density at radius 3 is 2.93 bits per heavy atom. The molecule has 0 aliphatic carbocycles. The Hall–Kier alpha value is -0.870. The summed E-state index contributed by atoms with van der Waals surface area (Å²) in [5.41, 5.74) is -0.662. The number of likely N-dealkylation sites (tertiary alicyclic amines) is 1. The molecule has 0 unspecified atom stereocenters. The fourth-order valence-corrected chi connectivity index (χ4v) is 2.32. The number of carbonyl (C=O) groups excluding carboxylic acids is 1. The van der Waals surface area contributed by atoms with E-state index in [1.165, 1.54) is 0 Å². The first kappa shape index (κ1) is 9.68. The van der Waals surface area contributed by atoms with E-state index < -0.39 is 5.60 Å². The average Bonchev–Trinajstić information content (AvgIpc) is 2.52. The van der Waals surface area contributed by atoms with Crippen LogP contribution in [-0.4, -0.2) is 34.6 Å². The number of aliphatic hydroxyl groups is 1. The predicted molar refractivity (Wildman–Crippen MR) is 55.2 cm³/mol. The zero-order valence-electron chi connectivity index (χ0n) is 8.06. The second kappa shape index (κ2) is 3.37. The Labute approximate surface area is 87.0 Å². The zero-order chi connectivity index (χ0) is 10.2. The van der Waals surface area contributed by atoms with Crippen molar-refractivity contribution in [1.29, 1.82) is 0 Å². The Balaban J connectivity index is 1.86. The van der Waals surface area contributed by atoms with Gasteiger partial charge in [0.1, 0.15) is 0 Å². The molecule has 0 atom stereocenters. The van der Waals surface area contributed by atoms with Crippen molar-refractivity contribution in [3.05, 3.63) is 22.4 Å². The summed E-state index contributed by atoms with van der Waals surface area (Å²) in [5.74, 6) is 0.110. The molecular formula is C10H13NO2S. The molecule has 14 heavy (non-hydrogen) atoms. The molecule has 0 radical (unpaired) electrons. The van der Waals surface area contributed by atoms with Gasteiger partial charge in [0.15, 0.2) is 0 Å². The van der Waals surface area contributed by atoms with Crippen LogP contribution in [0.15, 0.2) is 17.5 Å². The third-order valence-corrected chi connectivity index (χ3v) is 3.20. The highest BCUT2D eigenvalue weighted by atomic mass is 32.1. The van der Waals surface area contributed by atoms with Crippen molar-refractivity contribution in [3.63, 3.8) is 0 Å². The van der Waals surface area contributed by atoms with Crippen molar-refractivity contribution in [2.75, 3.05) is 13.1 Å². The summed E-state index contributed by atoms with van der Waals surface area (Å²) in [6.45, 7) is 2.69. The lowest BCUT2D eigenvalue weighted by molar-refractivity contribution is -0.151. The number of thiophene rings is 1. The van der Waals surface area contributed by atoms with Crippen LogP contribution < -0.4 is 0 Å². The third kappa shape index (κ3) is 1.96. The van der Waals surface area contributed by atoms with Gasteiger partial charge in [0, 0.05) is 4.88 Å². The molecule has 1 N–H and O–H groups in total. The molecule has 4 heteroatoms. The topological polar surface area (TPSA) is 40.5 Å². The van der Waals surface area contributed by atoms with E-state index in [2.05, 4.69) is 0 Å². The third-order valence-electron chi connectivity index (χ3n) is 2.32. The first-order valence-corrected chi connectivity index (χ1v) is 5.47. The maximum atomic E-state index is 11.6.